The molecule has 0 radical (unpaired) electrons. The number of aliphatic hydroxyl groups is 3. The number of halogens is 1. The quantitative estimate of drug-likeness (QED) is 0.00682. The number of phenols is 2. The van der Waals surface area contributed by atoms with E-state index in [-0.39, 0.29) is 36.5 Å². The van der Waals surface area contributed by atoms with Crippen LogP contribution < -0.4 is 70.9 Å². The molecule has 12 atom stereocenters. The number of phenolic OH excluding ortho intramolecular Hbond substituents is 2. The van der Waals surface area contributed by atoms with E-state index in [9.17, 15) is 83.4 Å². The van der Waals surface area contributed by atoms with Gasteiger partial charge in [-0.2, -0.15) is 9.58 Å². The van der Waals surface area contributed by atoms with Crippen molar-refractivity contribution in [1.29, 1.82) is 5.53 Å². The van der Waals surface area contributed by atoms with Gasteiger partial charge < -0.3 is 102 Å². The minimum Gasteiger partial charge on any atom is -0.508 e. The lowest BCUT2D eigenvalue weighted by atomic mass is 9.82. The molecule has 2 unspecified atom stereocenters. The van der Waals surface area contributed by atoms with E-state index in [0.717, 1.165) is 56.3 Å². The summed E-state index contributed by atoms with van der Waals surface area (Å²) in [5, 5.41) is 90.1. The van der Waals surface area contributed by atoms with E-state index in [1.54, 1.807) is 0 Å². The zero-order chi connectivity index (χ0) is 76.8. The summed E-state index contributed by atoms with van der Waals surface area (Å²) >= 11 is 0. The lowest BCUT2D eigenvalue weighted by Crippen LogP contribution is -2.74. The number of nitrogens with one attached hydrogen (secondary N) is 10. The SMILES string of the molecule is C=C1/C=C\C=C(\F)C2=C[N+]1([C@H](C(=O)N[C@@H](CO)C(=O)N[C@@H](CC(=O)O)C(=O)N[C@@H](Cc1ccc(O)cc1)C(=O)N[C@@H](CCCc1ccc(CN)cc1)C(N)=O)[C@@H](C)O)C(=O)C(C)(NC(=O)[C@@H](NC(=O)CNC(=O)[C@H](C/C(N=N)=N/N)NC(=O)C(C)(C)NC(=O)[C@@H](N)Cc1ccc(O)cc1)[C@@H](C)O)C2. The largest absolute Gasteiger partial charge is 0.508 e. The number of carbonyl (C=O) groups is 12. The molecular weight excluding hydrogens is 1350 g/mol. The Labute approximate surface area is 590 Å². The van der Waals surface area contributed by atoms with Crippen LogP contribution in [0.25, 0.3) is 0 Å². The molecule has 11 amide bonds. The van der Waals surface area contributed by atoms with Gasteiger partial charge in [0.1, 0.15) is 77.1 Å². The number of hydrazone groups is 1. The number of nitrogens with zero attached hydrogens (tertiary/aromatic N) is 3. The second kappa shape index (κ2) is 36.9. The van der Waals surface area contributed by atoms with Gasteiger partial charge in [-0.15, -0.1) is 5.11 Å². The Hall–Kier alpha value is -11.2. The van der Waals surface area contributed by atoms with Crippen molar-refractivity contribution in [3.05, 3.63) is 143 Å². The summed E-state index contributed by atoms with van der Waals surface area (Å²) in [6.07, 6.45) is -1.91. The number of primary amides is 1. The summed E-state index contributed by atoms with van der Waals surface area (Å²) in [6, 6.07) is 4.19. The third-order valence-corrected chi connectivity index (χ3v) is 16.8. The van der Waals surface area contributed by atoms with Gasteiger partial charge in [-0.05, 0) is 126 Å². The number of fused-ring (bicyclic) bond motifs is 1. The fourth-order valence-electron chi connectivity index (χ4n) is 11.2. The first-order valence-electron chi connectivity index (χ1n) is 32.3. The maximum absolute atomic E-state index is 16.3. The number of hydrogen-bond donors (Lipinski definition) is 20. The number of nitrogens with two attached hydrogens (primary N) is 4. The van der Waals surface area contributed by atoms with E-state index in [1.165, 1.54) is 62.4 Å². The Morgan fingerprint density at radius 1 is 0.718 bits per heavy atom. The highest BCUT2D eigenvalue weighted by molar-refractivity contribution is 6.01. The Kier molecular flexibility index (Phi) is 29.6. The molecule has 3 aromatic rings. The topological polar surface area (TPSA) is 587 Å². The third-order valence-electron chi connectivity index (χ3n) is 16.8. The van der Waals surface area contributed by atoms with Crippen LogP contribution in [-0.2, 0) is 83.3 Å². The summed E-state index contributed by atoms with van der Waals surface area (Å²) in [7, 11) is 0. The van der Waals surface area contributed by atoms with Crippen LogP contribution in [0.2, 0.25) is 0 Å². The van der Waals surface area contributed by atoms with Crippen molar-refractivity contribution in [3.63, 3.8) is 0 Å². The maximum Gasteiger partial charge on any atom is 0.349 e. The highest BCUT2D eigenvalue weighted by Gasteiger charge is 2.62. The van der Waals surface area contributed by atoms with Crippen molar-refractivity contribution in [2.24, 2.45) is 33.3 Å². The number of benzene rings is 3. The van der Waals surface area contributed by atoms with Gasteiger partial charge in [-0.1, -0.05) is 54.6 Å². The van der Waals surface area contributed by atoms with Crippen molar-refractivity contribution in [1.82, 2.24) is 47.9 Å². The van der Waals surface area contributed by atoms with E-state index in [4.69, 9.17) is 28.6 Å². The van der Waals surface area contributed by atoms with Crippen LogP contribution in [-0.4, -0.2) is 197 Å². The Balaban J connectivity index is 1.34. The maximum atomic E-state index is 16.3. The molecule has 2 bridgehead atoms. The van der Waals surface area contributed by atoms with Crippen LogP contribution >= 0.6 is 0 Å². The van der Waals surface area contributed by atoms with E-state index < -0.39 is 197 Å². The van der Waals surface area contributed by atoms with Crippen LogP contribution in [0.15, 0.2) is 131 Å². The molecule has 35 nitrogen and oxygen atoms in total. The molecule has 556 valence electrons. The Morgan fingerprint density at radius 2 is 1.25 bits per heavy atom. The van der Waals surface area contributed by atoms with Gasteiger partial charge in [0.25, 0.3) is 5.91 Å². The minimum atomic E-state index is -2.41. The van der Waals surface area contributed by atoms with Gasteiger partial charge in [-0.25, -0.2) is 14.7 Å². The molecule has 0 fully saturated rings. The van der Waals surface area contributed by atoms with Gasteiger partial charge in [-0.3, -0.25) is 52.7 Å². The first-order valence-corrected chi connectivity index (χ1v) is 32.3. The first-order chi connectivity index (χ1) is 48.4. The number of carboxylic acid groups (broad SMARTS) is 1. The number of aliphatic carboxylic acids is 1. The number of aliphatic hydroxyl groups excluding tert-OH is 3. The van der Waals surface area contributed by atoms with E-state index in [0.29, 0.717) is 30.5 Å². The number of carboxylic acids is 1. The lowest BCUT2D eigenvalue weighted by molar-refractivity contribution is -0.787. The van der Waals surface area contributed by atoms with Crippen molar-refractivity contribution in [2.45, 2.75) is 164 Å². The average molecular weight is 1440 g/mol. The molecule has 0 spiro atoms. The number of quaternary nitrogens is 1. The zero-order valence-electron chi connectivity index (χ0n) is 57.1. The van der Waals surface area contributed by atoms with Crippen molar-refractivity contribution >= 4 is 76.8 Å². The number of allylic oxidation sites excluding steroid dienone is 4. The second-order valence-electron chi connectivity index (χ2n) is 25.5. The normalized spacial score (nSPS) is 19.5. The zero-order valence-corrected chi connectivity index (χ0v) is 57.1. The number of aromatic hydroxyl groups is 2. The van der Waals surface area contributed by atoms with Crippen molar-refractivity contribution in [3.8, 4) is 11.5 Å². The molecule has 2 aliphatic heterocycles. The first kappa shape index (κ1) is 82.5. The highest BCUT2D eigenvalue weighted by atomic mass is 19.1. The lowest BCUT2D eigenvalue weighted by Gasteiger charge is -2.48. The van der Waals surface area contributed by atoms with E-state index >= 15 is 9.18 Å². The molecule has 5 rings (SSSR count). The van der Waals surface area contributed by atoms with Crippen LogP contribution in [0.1, 0.15) is 89.0 Å². The molecule has 0 aromatic heterocycles. The highest BCUT2D eigenvalue weighted by Crippen LogP contribution is 2.42. The van der Waals surface area contributed by atoms with Crippen molar-refractivity contribution in [2.75, 3.05) is 13.2 Å². The van der Waals surface area contributed by atoms with Gasteiger partial charge in [0.05, 0.1) is 31.7 Å². The van der Waals surface area contributed by atoms with Crippen LogP contribution in [0.3, 0.4) is 0 Å². The van der Waals surface area contributed by atoms with E-state index in [2.05, 4.69) is 64.6 Å². The van der Waals surface area contributed by atoms with Gasteiger partial charge in [0.15, 0.2) is 11.4 Å². The molecule has 24 N–H and O–H groups in total. The summed E-state index contributed by atoms with van der Waals surface area (Å²) < 4.78 is 14.7. The molecule has 3 aromatic carbocycles. The molecular formula is C67H89FN17O18+. The number of amidine groups is 1. The van der Waals surface area contributed by atoms with Gasteiger partial charge in [0.2, 0.25) is 59.2 Å². The Morgan fingerprint density at radius 3 is 1.80 bits per heavy atom. The van der Waals surface area contributed by atoms with E-state index in [1.807, 2.05) is 24.3 Å². The Bertz CT molecular complexity index is 3810. The predicted molar refractivity (Wildman–Crippen MR) is 365 cm³/mol. The summed E-state index contributed by atoms with van der Waals surface area (Å²) in [5.41, 5.74) is 22.6. The molecule has 36 heteroatoms. The molecule has 0 aliphatic carbocycles. The molecule has 0 saturated carbocycles. The smallest absolute Gasteiger partial charge is 0.349 e. The van der Waals surface area contributed by atoms with Gasteiger partial charge in [0, 0.05) is 31.4 Å². The van der Waals surface area contributed by atoms with Crippen LogP contribution in [0.5, 0.6) is 11.5 Å². The predicted octanol–water partition coefficient (Wildman–Crippen LogP) is -3.17. The summed E-state index contributed by atoms with van der Waals surface area (Å²) in [5.74, 6) is -10.9. The molecule has 2 heterocycles. The number of amides is 11. The third kappa shape index (κ3) is 22.7. The second-order valence-corrected chi connectivity index (χ2v) is 25.5. The molecule has 2 aliphatic rings. The number of aryl methyl sites for hydroxylation is 1. The van der Waals surface area contributed by atoms with Crippen molar-refractivity contribution < 1.29 is 97.0 Å². The average Bonchev–Trinajstić information content (AvgIpc) is 0.716. The standard InChI is InChI=1S/C67H88FN17O18/c1-34-9-7-11-44(68)41-29-67(6,82-62(100)54(35(2)87)80-52(91)31-74-58(96)48(27-51(83-72)84-73)79-64(102)66(4,5)81-57(95)45(70)25-38-17-21-42(89)22-18-38)65(103)85(34,32-41)55(36(3)88)63(101)78-50(33-86)61(99)77-49(28-53(92)93)60(98)76-47(26-39-19-23-43(90)24-20-39)59(97)75-46(56(71)94)12-8-10-37-13-15-40(30-69)16-14-37/h7,9,11,13-24,32,35-36,45-50,54-55,86-88H,1,8,10,12,25-31,33,69-70H2,2-6H3,(H16-,71,72,73,74,75,76,77,78,79,80,81,82,89,90,91,92,93,94,95,96,97,98,99,100,101,102)/p+1/b9-7-,44-11+/t35-,36-,45+,46+,47+,48+,49+,50+,54+,55+,67?,85?/m1/s1. The van der Waals surface area contributed by atoms with Gasteiger partial charge >= 0.3 is 11.9 Å². The van der Waals surface area contributed by atoms with Crippen LogP contribution in [0, 0.1) is 5.53 Å². The number of rotatable bonds is 36. The molecule has 103 heavy (non-hydrogen) atoms. The monoisotopic (exact) mass is 1440 g/mol. The fourth-order valence-corrected chi connectivity index (χ4v) is 11.2. The molecule has 0 saturated heterocycles. The fraction of sp³-hybridized carbons (Fsp3) is 0.418. The number of hydrogen-bond acceptors (Lipinski definition) is 22. The van der Waals surface area contributed by atoms with Crippen LogP contribution in [0.4, 0.5) is 4.39 Å². The minimum absolute atomic E-state index is 0.00356. The number of carbonyl (C=O) groups excluding carboxylic acids is 11. The summed E-state index contributed by atoms with van der Waals surface area (Å²) in [6.45, 7) is 7.61. The summed E-state index contributed by atoms with van der Waals surface area (Å²) in [4.78, 5) is 166.